The summed E-state index contributed by atoms with van der Waals surface area (Å²) < 4.78 is 51.0. The molecule has 2 aliphatic rings. The van der Waals surface area contributed by atoms with E-state index in [1.54, 1.807) is 28.6 Å². The van der Waals surface area contributed by atoms with Crippen LogP contribution in [0.25, 0.3) is 0 Å². The molecule has 0 atom stereocenters. The van der Waals surface area contributed by atoms with E-state index in [2.05, 4.69) is 0 Å². The Kier molecular flexibility index (Phi) is 8.63. The first-order chi connectivity index (χ1) is 16.1. The van der Waals surface area contributed by atoms with Gasteiger partial charge in [-0.3, -0.25) is 10.1 Å². The Bertz CT molecular complexity index is 1170. The van der Waals surface area contributed by atoms with Gasteiger partial charge in [-0.2, -0.15) is 0 Å². The van der Waals surface area contributed by atoms with Gasteiger partial charge in [0, 0.05) is 44.0 Å². The zero-order valence-corrected chi connectivity index (χ0v) is 20.5. The summed E-state index contributed by atoms with van der Waals surface area (Å²) in [7, 11) is -6.42. The molecule has 2 fully saturated rings. The van der Waals surface area contributed by atoms with Crippen LogP contribution in [0, 0.1) is 10.1 Å². The number of anilines is 1. The van der Waals surface area contributed by atoms with E-state index in [1.165, 1.54) is 28.6 Å². The zero-order valence-electron chi connectivity index (χ0n) is 18.9. The van der Waals surface area contributed by atoms with Crippen LogP contribution < -0.4 is 5.73 Å². The highest BCUT2D eigenvalue weighted by molar-refractivity contribution is 7.88. The second kappa shape index (κ2) is 11.3. The van der Waals surface area contributed by atoms with Crippen molar-refractivity contribution in [2.75, 3.05) is 31.9 Å². The van der Waals surface area contributed by atoms with Gasteiger partial charge in [-0.15, -0.1) is 0 Å². The fourth-order valence-corrected chi connectivity index (χ4v) is 7.09. The number of nitrogens with zero attached hydrogens (tertiary/aromatic N) is 3. The van der Waals surface area contributed by atoms with E-state index < -0.39 is 25.0 Å². The second-order valence-corrected chi connectivity index (χ2v) is 12.3. The molecule has 0 spiro atoms. The van der Waals surface area contributed by atoms with Crippen molar-refractivity contribution in [2.24, 2.45) is 0 Å². The minimum Gasteiger partial charge on any atom is -0.399 e. The van der Waals surface area contributed by atoms with Crippen molar-refractivity contribution < 1.29 is 21.8 Å². The molecule has 34 heavy (non-hydrogen) atoms. The van der Waals surface area contributed by atoms with Crippen LogP contribution >= 0.6 is 0 Å². The number of rotatable bonds is 7. The fourth-order valence-electron chi connectivity index (χ4n) is 3.86. The minimum absolute atomic E-state index is 0.0303. The third-order valence-corrected chi connectivity index (χ3v) is 9.44. The molecule has 186 valence electrons. The lowest BCUT2D eigenvalue weighted by Crippen LogP contribution is -2.29. The minimum atomic E-state index is -3.28. The average molecular weight is 511 g/mol. The van der Waals surface area contributed by atoms with Crippen LogP contribution in [0.5, 0.6) is 0 Å². The van der Waals surface area contributed by atoms with E-state index in [9.17, 15) is 26.9 Å². The van der Waals surface area contributed by atoms with Crippen molar-refractivity contribution in [1.29, 1.82) is 0 Å². The Morgan fingerprint density at radius 2 is 1.06 bits per heavy atom. The number of non-ortho nitro benzene ring substituents is 1. The molecule has 2 saturated heterocycles. The number of sulfonamides is 2. The van der Waals surface area contributed by atoms with Crippen molar-refractivity contribution in [1.82, 2.24) is 8.61 Å². The third kappa shape index (κ3) is 7.23. The number of nitro groups is 1. The lowest BCUT2D eigenvalue weighted by Gasteiger charge is -2.15. The number of nitro benzene ring substituents is 1. The summed E-state index contributed by atoms with van der Waals surface area (Å²) in [4.78, 5) is 9.98. The summed E-state index contributed by atoms with van der Waals surface area (Å²) in [6.07, 6.45) is 3.75. The summed E-state index contributed by atoms with van der Waals surface area (Å²) in [5.74, 6) is -0.0156. The fraction of sp³-hybridized carbons (Fsp3) is 0.455. The van der Waals surface area contributed by atoms with Gasteiger partial charge in [-0.05, 0) is 48.9 Å². The molecule has 2 N–H and O–H groups in total. The molecule has 2 heterocycles. The molecular weight excluding hydrogens is 480 g/mol. The molecule has 2 aromatic carbocycles. The molecule has 0 aliphatic carbocycles. The van der Waals surface area contributed by atoms with E-state index in [-0.39, 0.29) is 17.2 Å². The van der Waals surface area contributed by atoms with Gasteiger partial charge < -0.3 is 5.73 Å². The SMILES string of the molecule is Nc1ccc(CS(=O)(=O)N2CCCC2)cc1.O=[N+]([O-])c1ccc(CS(=O)(=O)N2CCCC2)cc1. The van der Waals surface area contributed by atoms with Gasteiger partial charge in [-0.1, -0.05) is 24.3 Å². The van der Waals surface area contributed by atoms with E-state index in [4.69, 9.17) is 5.73 Å². The normalized spacial score (nSPS) is 17.3. The van der Waals surface area contributed by atoms with Crippen LogP contribution in [0.4, 0.5) is 11.4 Å². The molecule has 0 amide bonds. The second-order valence-electron chi connectivity index (χ2n) is 8.39. The Hall–Kier alpha value is -2.54. The van der Waals surface area contributed by atoms with Crippen LogP contribution in [0.2, 0.25) is 0 Å². The Morgan fingerprint density at radius 3 is 1.41 bits per heavy atom. The maximum Gasteiger partial charge on any atom is 0.269 e. The van der Waals surface area contributed by atoms with Crippen LogP contribution in [-0.4, -0.2) is 56.5 Å². The monoisotopic (exact) mass is 510 g/mol. The lowest BCUT2D eigenvalue weighted by molar-refractivity contribution is -0.384. The first-order valence-corrected chi connectivity index (χ1v) is 14.3. The maximum atomic E-state index is 12.0. The van der Waals surface area contributed by atoms with Crippen molar-refractivity contribution in [3.8, 4) is 0 Å². The van der Waals surface area contributed by atoms with Gasteiger partial charge in [-0.25, -0.2) is 25.4 Å². The molecule has 12 heteroatoms. The van der Waals surface area contributed by atoms with E-state index in [0.717, 1.165) is 31.2 Å². The van der Waals surface area contributed by atoms with E-state index in [0.29, 0.717) is 37.4 Å². The summed E-state index contributed by atoms with van der Waals surface area (Å²) in [6.45, 7) is 2.49. The Labute approximate surface area is 200 Å². The molecular formula is C22H30N4O6S2. The highest BCUT2D eigenvalue weighted by atomic mass is 32.2. The molecule has 0 radical (unpaired) electrons. The summed E-state index contributed by atoms with van der Waals surface area (Å²) >= 11 is 0. The largest absolute Gasteiger partial charge is 0.399 e. The zero-order chi connectivity index (χ0) is 24.8. The van der Waals surface area contributed by atoms with Crippen molar-refractivity contribution in [3.63, 3.8) is 0 Å². The van der Waals surface area contributed by atoms with Gasteiger partial charge in [0.05, 0.1) is 16.4 Å². The topological polar surface area (TPSA) is 144 Å². The molecule has 0 unspecified atom stereocenters. The van der Waals surface area contributed by atoms with E-state index >= 15 is 0 Å². The number of benzene rings is 2. The quantitative estimate of drug-likeness (QED) is 0.342. The molecule has 2 aliphatic heterocycles. The van der Waals surface area contributed by atoms with Gasteiger partial charge in [0.1, 0.15) is 0 Å². The van der Waals surface area contributed by atoms with Crippen LogP contribution in [0.1, 0.15) is 36.8 Å². The smallest absolute Gasteiger partial charge is 0.269 e. The molecule has 10 nitrogen and oxygen atoms in total. The summed E-state index contributed by atoms with van der Waals surface area (Å²) in [6, 6.07) is 12.6. The molecule has 0 bridgehead atoms. The van der Waals surface area contributed by atoms with Crippen LogP contribution in [-0.2, 0) is 31.6 Å². The van der Waals surface area contributed by atoms with Gasteiger partial charge in [0.15, 0.2) is 0 Å². The standard InChI is InChI=1S/C11H14N2O4S.C11H16N2O2S/c14-13(15)11-5-3-10(4-6-11)9-18(16,17)12-7-1-2-8-12;12-11-5-3-10(4-6-11)9-16(14,15)13-7-1-2-8-13/h3-6H,1-2,7-9H2;3-6H,1-2,7-9,12H2. The average Bonchev–Trinajstić information content (AvgIpc) is 3.51. The molecule has 4 rings (SSSR count). The summed E-state index contributed by atoms with van der Waals surface area (Å²) in [5.41, 5.74) is 7.55. The first kappa shape index (κ1) is 26.1. The lowest BCUT2D eigenvalue weighted by atomic mass is 10.2. The Balaban J connectivity index is 0.000000192. The molecule has 2 aromatic rings. The highest BCUT2D eigenvalue weighted by Gasteiger charge is 2.26. The van der Waals surface area contributed by atoms with Gasteiger partial charge in [0.25, 0.3) is 5.69 Å². The summed E-state index contributed by atoms with van der Waals surface area (Å²) in [5, 5.41) is 10.5. The first-order valence-electron chi connectivity index (χ1n) is 11.1. The van der Waals surface area contributed by atoms with E-state index in [1.807, 2.05) is 0 Å². The number of hydrogen-bond donors (Lipinski definition) is 1. The van der Waals surface area contributed by atoms with Crippen molar-refractivity contribution in [2.45, 2.75) is 37.2 Å². The molecule has 0 saturated carbocycles. The van der Waals surface area contributed by atoms with Crippen LogP contribution in [0.3, 0.4) is 0 Å². The number of nitrogens with two attached hydrogens (primary N) is 1. The predicted molar refractivity (Wildman–Crippen MR) is 131 cm³/mol. The van der Waals surface area contributed by atoms with Gasteiger partial charge >= 0.3 is 0 Å². The Morgan fingerprint density at radius 1 is 0.706 bits per heavy atom. The van der Waals surface area contributed by atoms with Crippen LogP contribution in [0.15, 0.2) is 48.5 Å². The van der Waals surface area contributed by atoms with Gasteiger partial charge in [0.2, 0.25) is 20.0 Å². The number of hydrogen-bond acceptors (Lipinski definition) is 7. The van der Waals surface area contributed by atoms with Crippen molar-refractivity contribution >= 4 is 31.4 Å². The predicted octanol–water partition coefficient (Wildman–Crippen LogP) is 2.71. The van der Waals surface area contributed by atoms with Crippen molar-refractivity contribution in [3.05, 3.63) is 69.8 Å². The third-order valence-electron chi connectivity index (χ3n) is 5.74. The highest BCUT2D eigenvalue weighted by Crippen LogP contribution is 2.19. The number of nitrogen functional groups attached to an aromatic ring is 1. The molecule has 0 aromatic heterocycles. The maximum absolute atomic E-state index is 12.0.